The first-order valence-corrected chi connectivity index (χ1v) is 7.65. The number of hydrogen-bond donors (Lipinski definition) is 1. The summed E-state index contributed by atoms with van der Waals surface area (Å²) in [5, 5.41) is 4.10. The van der Waals surface area contributed by atoms with Crippen molar-refractivity contribution < 1.29 is 9.47 Å². The third-order valence-electron chi connectivity index (χ3n) is 3.46. The minimum atomic E-state index is 0.207. The van der Waals surface area contributed by atoms with Gasteiger partial charge >= 0.3 is 0 Å². The highest BCUT2D eigenvalue weighted by Crippen LogP contribution is 2.25. The van der Waals surface area contributed by atoms with Crippen molar-refractivity contribution in [2.45, 2.75) is 45.3 Å². The molecule has 1 N–H and O–H groups in total. The van der Waals surface area contributed by atoms with Crippen LogP contribution >= 0.6 is 11.6 Å². The average Bonchev–Trinajstić information content (AvgIpc) is 2.45. The van der Waals surface area contributed by atoms with Gasteiger partial charge in [-0.3, -0.25) is 0 Å². The van der Waals surface area contributed by atoms with Crippen molar-refractivity contribution in [1.29, 1.82) is 0 Å². The summed E-state index contributed by atoms with van der Waals surface area (Å²) in [7, 11) is 3.66. The Hall–Kier alpha value is -0.770. The number of nitrogens with one attached hydrogen (secondary N) is 1. The van der Waals surface area contributed by atoms with Crippen LogP contribution in [0.15, 0.2) is 18.2 Å². The third-order valence-corrected chi connectivity index (χ3v) is 3.69. The summed E-state index contributed by atoms with van der Waals surface area (Å²) in [5.74, 6) is 0.876. The Morgan fingerprint density at radius 3 is 2.60 bits per heavy atom. The molecule has 2 unspecified atom stereocenters. The third kappa shape index (κ3) is 4.97. The predicted molar refractivity (Wildman–Crippen MR) is 84.9 cm³/mol. The summed E-state index contributed by atoms with van der Waals surface area (Å²) in [4.78, 5) is 0. The van der Waals surface area contributed by atoms with Gasteiger partial charge in [0.15, 0.2) is 0 Å². The van der Waals surface area contributed by atoms with Crippen LogP contribution in [0.5, 0.6) is 5.75 Å². The van der Waals surface area contributed by atoms with Gasteiger partial charge in [-0.1, -0.05) is 24.9 Å². The van der Waals surface area contributed by atoms with Gasteiger partial charge in [0.05, 0.1) is 13.2 Å². The molecule has 114 valence electrons. The monoisotopic (exact) mass is 299 g/mol. The molecule has 4 heteroatoms. The highest BCUT2D eigenvalue weighted by molar-refractivity contribution is 6.30. The number of hydrogen-bond acceptors (Lipinski definition) is 3. The van der Waals surface area contributed by atoms with E-state index in [1.165, 1.54) is 0 Å². The van der Waals surface area contributed by atoms with Crippen LogP contribution in [0, 0.1) is 0 Å². The van der Waals surface area contributed by atoms with Crippen LogP contribution in [0.4, 0.5) is 0 Å². The van der Waals surface area contributed by atoms with Crippen LogP contribution in [-0.2, 0) is 11.2 Å². The van der Waals surface area contributed by atoms with Gasteiger partial charge in [-0.05, 0) is 50.6 Å². The van der Waals surface area contributed by atoms with Crippen molar-refractivity contribution in [3.8, 4) is 5.75 Å². The molecule has 0 saturated heterocycles. The van der Waals surface area contributed by atoms with E-state index in [4.69, 9.17) is 21.1 Å². The predicted octanol–water partition coefficient (Wildman–Crippen LogP) is 3.68. The summed E-state index contributed by atoms with van der Waals surface area (Å²) < 4.78 is 11.3. The molecule has 0 amide bonds. The molecule has 3 nitrogen and oxygen atoms in total. The zero-order chi connectivity index (χ0) is 15.0. The summed E-state index contributed by atoms with van der Waals surface area (Å²) >= 11 is 6.10. The lowest BCUT2D eigenvalue weighted by molar-refractivity contribution is 0.0300. The van der Waals surface area contributed by atoms with Crippen molar-refractivity contribution in [3.63, 3.8) is 0 Å². The number of methoxy groups -OCH3 is 1. The van der Waals surface area contributed by atoms with Crippen LogP contribution in [0.3, 0.4) is 0 Å². The highest BCUT2D eigenvalue weighted by atomic mass is 35.5. The molecule has 0 spiro atoms. The number of rotatable bonds is 9. The summed E-state index contributed by atoms with van der Waals surface area (Å²) in [6.07, 6.45) is 3.20. The molecule has 0 aliphatic heterocycles. The fourth-order valence-corrected chi connectivity index (χ4v) is 2.66. The normalized spacial score (nSPS) is 14.1. The molecule has 0 fully saturated rings. The van der Waals surface area contributed by atoms with Gasteiger partial charge < -0.3 is 14.8 Å². The molecular weight excluding hydrogens is 274 g/mol. The number of ether oxygens (including phenoxy) is 2. The fourth-order valence-electron chi connectivity index (χ4n) is 2.46. The quantitative estimate of drug-likeness (QED) is 0.754. The van der Waals surface area contributed by atoms with Crippen LogP contribution in [0.25, 0.3) is 0 Å². The first kappa shape index (κ1) is 17.3. The minimum Gasteiger partial charge on any atom is -0.496 e. The smallest absolute Gasteiger partial charge is 0.122 e. The van der Waals surface area contributed by atoms with E-state index in [0.29, 0.717) is 0 Å². The Labute approximate surface area is 127 Å². The fraction of sp³-hybridized carbons (Fsp3) is 0.625. The summed E-state index contributed by atoms with van der Waals surface area (Å²) in [5.41, 5.74) is 1.11. The first-order chi connectivity index (χ1) is 9.65. The summed E-state index contributed by atoms with van der Waals surface area (Å²) in [6.45, 7) is 4.95. The molecule has 0 saturated carbocycles. The average molecular weight is 300 g/mol. The van der Waals surface area contributed by atoms with E-state index in [1.807, 2.05) is 32.2 Å². The van der Waals surface area contributed by atoms with E-state index >= 15 is 0 Å². The molecule has 0 bridgehead atoms. The molecule has 1 rings (SSSR count). The van der Waals surface area contributed by atoms with Gasteiger partial charge in [0.2, 0.25) is 0 Å². The van der Waals surface area contributed by atoms with E-state index in [2.05, 4.69) is 12.2 Å². The first-order valence-electron chi connectivity index (χ1n) is 7.27. The van der Waals surface area contributed by atoms with Crippen molar-refractivity contribution in [3.05, 3.63) is 28.8 Å². The molecular formula is C16H26ClNO2. The van der Waals surface area contributed by atoms with Crippen molar-refractivity contribution in [2.24, 2.45) is 0 Å². The number of benzene rings is 1. The van der Waals surface area contributed by atoms with Gasteiger partial charge in [-0.15, -0.1) is 0 Å². The van der Waals surface area contributed by atoms with E-state index in [9.17, 15) is 0 Å². The molecule has 1 aromatic rings. The van der Waals surface area contributed by atoms with Crippen molar-refractivity contribution in [1.82, 2.24) is 5.32 Å². The lowest BCUT2D eigenvalue weighted by Gasteiger charge is -2.27. The second-order valence-electron chi connectivity index (χ2n) is 4.84. The van der Waals surface area contributed by atoms with E-state index < -0.39 is 0 Å². The Balaban J connectivity index is 2.88. The lowest BCUT2D eigenvalue weighted by Crippen LogP contribution is -2.41. The molecule has 0 heterocycles. The standard InChI is InChI=1S/C16H26ClNO2/c1-5-7-16(20-6-2)14(18-3)11-12-10-13(17)8-9-15(12)19-4/h8-10,14,16,18H,5-7,11H2,1-4H3. The van der Waals surface area contributed by atoms with Crippen LogP contribution in [0.2, 0.25) is 5.02 Å². The number of likely N-dealkylation sites (N-methyl/N-ethyl adjacent to an activating group) is 1. The van der Waals surface area contributed by atoms with Gasteiger partial charge in [-0.2, -0.15) is 0 Å². The Kier molecular flexibility index (Phi) is 7.97. The maximum absolute atomic E-state index is 6.10. The van der Waals surface area contributed by atoms with E-state index in [0.717, 1.165) is 42.2 Å². The minimum absolute atomic E-state index is 0.207. The summed E-state index contributed by atoms with van der Waals surface area (Å²) in [6, 6.07) is 5.99. The Morgan fingerprint density at radius 2 is 2.05 bits per heavy atom. The van der Waals surface area contributed by atoms with Gasteiger partial charge in [0, 0.05) is 17.7 Å². The van der Waals surface area contributed by atoms with Gasteiger partial charge in [-0.25, -0.2) is 0 Å². The Bertz CT molecular complexity index is 392. The number of halogens is 1. The second kappa shape index (κ2) is 9.22. The zero-order valence-electron chi connectivity index (χ0n) is 12.9. The van der Waals surface area contributed by atoms with Gasteiger partial charge in [0.1, 0.15) is 5.75 Å². The van der Waals surface area contributed by atoms with Crippen LogP contribution < -0.4 is 10.1 Å². The molecule has 1 aromatic carbocycles. The van der Waals surface area contributed by atoms with E-state index in [-0.39, 0.29) is 12.1 Å². The van der Waals surface area contributed by atoms with Crippen LogP contribution in [-0.4, -0.2) is 32.9 Å². The molecule has 2 atom stereocenters. The van der Waals surface area contributed by atoms with E-state index in [1.54, 1.807) is 7.11 Å². The second-order valence-corrected chi connectivity index (χ2v) is 5.27. The molecule has 20 heavy (non-hydrogen) atoms. The molecule has 0 radical (unpaired) electrons. The lowest BCUT2D eigenvalue weighted by atomic mass is 9.97. The van der Waals surface area contributed by atoms with Crippen molar-refractivity contribution in [2.75, 3.05) is 20.8 Å². The SMILES string of the molecule is CCCC(OCC)C(Cc1cc(Cl)ccc1OC)NC. The van der Waals surface area contributed by atoms with Crippen LogP contribution in [0.1, 0.15) is 32.3 Å². The van der Waals surface area contributed by atoms with Crippen molar-refractivity contribution >= 4 is 11.6 Å². The van der Waals surface area contributed by atoms with Gasteiger partial charge in [0.25, 0.3) is 0 Å². The largest absolute Gasteiger partial charge is 0.496 e. The molecule has 0 aliphatic carbocycles. The molecule has 0 aliphatic rings. The Morgan fingerprint density at radius 1 is 1.30 bits per heavy atom. The topological polar surface area (TPSA) is 30.5 Å². The maximum atomic E-state index is 6.10. The molecule has 0 aromatic heterocycles. The highest BCUT2D eigenvalue weighted by Gasteiger charge is 2.21. The zero-order valence-corrected chi connectivity index (χ0v) is 13.7. The maximum Gasteiger partial charge on any atom is 0.122 e.